The first-order valence-electron chi connectivity index (χ1n) is 7.01. The lowest BCUT2D eigenvalue weighted by molar-refractivity contribution is 0.0902. The van der Waals surface area contributed by atoms with E-state index in [0.29, 0.717) is 18.7 Å². The lowest BCUT2D eigenvalue weighted by atomic mass is 10.1. The van der Waals surface area contributed by atoms with E-state index in [0.717, 1.165) is 12.8 Å². The van der Waals surface area contributed by atoms with Crippen molar-refractivity contribution < 1.29 is 17.5 Å². The molecule has 1 aliphatic heterocycles. The summed E-state index contributed by atoms with van der Waals surface area (Å²) in [6.07, 6.45) is 1.58. The molecule has 1 aromatic carbocycles. The molecule has 2 atom stereocenters. The molecule has 0 amide bonds. The number of halogens is 1. The smallest absolute Gasteiger partial charge is 0.243 e. The fourth-order valence-electron chi connectivity index (χ4n) is 2.45. The first kappa shape index (κ1) is 16.4. The summed E-state index contributed by atoms with van der Waals surface area (Å²) >= 11 is 0. The van der Waals surface area contributed by atoms with Crippen LogP contribution in [-0.2, 0) is 21.3 Å². The predicted octanol–water partition coefficient (Wildman–Crippen LogP) is 1.39. The Balaban J connectivity index is 2.19. The van der Waals surface area contributed by atoms with Gasteiger partial charge >= 0.3 is 0 Å². The monoisotopic (exact) mass is 316 g/mol. The van der Waals surface area contributed by atoms with Crippen molar-refractivity contribution in [3.63, 3.8) is 0 Å². The number of benzene rings is 1. The van der Waals surface area contributed by atoms with Crippen molar-refractivity contribution in [3.05, 3.63) is 29.6 Å². The van der Waals surface area contributed by atoms with E-state index in [1.54, 1.807) is 20.0 Å². The number of hydrogen-bond acceptors (Lipinski definition) is 4. The van der Waals surface area contributed by atoms with Gasteiger partial charge in [-0.25, -0.2) is 17.5 Å². The molecular formula is C14H21FN2O3S. The normalized spacial score (nSPS) is 20.6. The van der Waals surface area contributed by atoms with E-state index in [1.807, 2.05) is 0 Å². The molecule has 2 rings (SSSR count). The molecule has 118 valence electrons. The molecule has 0 spiro atoms. The largest absolute Gasteiger partial charge is 0.377 e. The van der Waals surface area contributed by atoms with E-state index in [4.69, 9.17) is 4.74 Å². The van der Waals surface area contributed by atoms with E-state index >= 15 is 0 Å². The summed E-state index contributed by atoms with van der Waals surface area (Å²) in [4.78, 5) is -0.319. The third-order valence-electron chi connectivity index (χ3n) is 3.53. The van der Waals surface area contributed by atoms with Crippen molar-refractivity contribution in [3.8, 4) is 0 Å². The SMILES string of the molecule is CNCc1ccc(F)c(S(=O)(=O)NC(C)C2CCCO2)c1. The summed E-state index contributed by atoms with van der Waals surface area (Å²) in [7, 11) is -2.16. The molecule has 0 aromatic heterocycles. The highest BCUT2D eigenvalue weighted by Crippen LogP contribution is 2.20. The van der Waals surface area contributed by atoms with Crippen LogP contribution in [0, 0.1) is 5.82 Å². The lowest BCUT2D eigenvalue weighted by Crippen LogP contribution is -2.41. The Morgan fingerprint density at radius 3 is 2.86 bits per heavy atom. The molecule has 0 bridgehead atoms. The van der Waals surface area contributed by atoms with Crippen LogP contribution in [0.15, 0.2) is 23.1 Å². The van der Waals surface area contributed by atoms with E-state index in [1.165, 1.54) is 12.1 Å². The van der Waals surface area contributed by atoms with Crippen LogP contribution in [0.5, 0.6) is 0 Å². The first-order chi connectivity index (χ1) is 9.94. The highest BCUT2D eigenvalue weighted by Gasteiger charge is 2.28. The van der Waals surface area contributed by atoms with Crippen molar-refractivity contribution in [2.45, 2.75) is 43.4 Å². The van der Waals surface area contributed by atoms with Gasteiger partial charge in [0.25, 0.3) is 0 Å². The van der Waals surface area contributed by atoms with Crippen LogP contribution in [0.1, 0.15) is 25.3 Å². The average molecular weight is 316 g/mol. The minimum atomic E-state index is -3.90. The van der Waals surface area contributed by atoms with Gasteiger partial charge in [0.05, 0.1) is 6.10 Å². The van der Waals surface area contributed by atoms with Crippen molar-refractivity contribution in [2.24, 2.45) is 0 Å². The Labute approximate surface area is 124 Å². The molecule has 5 nitrogen and oxygen atoms in total. The number of rotatable bonds is 6. The topological polar surface area (TPSA) is 67.4 Å². The maximum Gasteiger partial charge on any atom is 0.243 e. The van der Waals surface area contributed by atoms with Gasteiger partial charge in [0.15, 0.2) is 0 Å². The van der Waals surface area contributed by atoms with E-state index in [-0.39, 0.29) is 17.0 Å². The predicted molar refractivity (Wildman–Crippen MR) is 77.9 cm³/mol. The Bertz CT molecular complexity index is 586. The lowest BCUT2D eigenvalue weighted by Gasteiger charge is -2.20. The number of hydrogen-bond donors (Lipinski definition) is 2. The standard InChI is InChI=1S/C14H21FN2O3S/c1-10(13-4-3-7-20-13)17-21(18,19)14-8-11(9-16-2)5-6-12(14)15/h5-6,8,10,13,16-17H,3-4,7,9H2,1-2H3. The van der Waals surface area contributed by atoms with Gasteiger partial charge in [0.1, 0.15) is 10.7 Å². The van der Waals surface area contributed by atoms with Gasteiger partial charge in [-0.3, -0.25) is 0 Å². The van der Waals surface area contributed by atoms with Gasteiger partial charge in [0.2, 0.25) is 10.0 Å². The van der Waals surface area contributed by atoms with Crippen LogP contribution >= 0.6 is 0 Å². The van der Waals surface area contributed by atoms with Crippen LogP contribution in [0.3, 0.4) is 0 Å². The van der Waals surface area contributed by atoms with Gasteiger partial charge in [-0.1, -0.05) is 6.07 Å². The molecule has 0 radical (unpaired) electrons. The Hall–Kier alpha value is -1.02. The van der Waals surface area contributed by atoms with Crippen LogP contribution in [-0.4, -0.2) is 34.2 Å². The zero-order valence-electron chi connectivity index (χ0n) is 12.2. The van der Waals surface area contributed by atoms with Crippen LogP contribution in [0.4, 0.5) is 4.39 Å². The zero-order valence-corrected chi connectivity index (χ0v) is 13.0. The molecule has 1 saturated heterocycles. The molecule has 0 saturated carbocycles. The van der Waals surface area contributed by atoms with Crippen molar-refractivity contribution in [1.82, 2.24) is 10.0 Å². The zero-order chi connectivity index (χ0) is 15.5. The number of sulfonamides is 1. The number of nitrogens with one attached hydrogen (secondary N) is 2. The molecule has 1 fully saturated rings. The second-order valence-corrected chi connectivity index (χ2v) is 6.94. The molecule has 2 N–H and O–H groups in total. The molecule has 7 heteroatoms. The van der Waals surface area contributed by atoms with Crippen LogP contribution in [0.25, 0.3) is 0 Å². The summed E-state index contributed by atoms with van der Waals surface area (Å²) in [6, 6.07) is 3.72. The summed E-state index contributed by atoms with van der Waals surface area (Å²) in [6.45, 7) is 2.86. The third kappa shape index (κ3) is 4.00. The maximum absolute atomic E-state index is 13.9. The Kier molecular flexibility index (Phi) is 5.32. The number of ether oxygens (including phenoxy) is 1. The van der Waals surface area contributed by atoms with Crippen LogP contribution in [0.2, 0.25) is 0 Å². The van der Waals surface area contributed by atoms with Crippen molar-refractivity contribution in [1.29, 1.82) is 0 Å². The van der Waals surface area contributed by atoms with E-state index in [9.17, 15) is 12.8 Å². The van der Waals surface area contributed by atoms with Gasteiger partial charge < -0.3 is 10.1 Å². The van der Waals surface area contributed by atoms with Crippen LogP contribution < -0.4 is 10.0 Å². The van der Waals surface area contributed by atoms with E-state index < -0.39 is 15.8 Å². The highest BCUT2D eigenvalue weighted by atomic mass is 32.2. The average Bonchev–Trinajstić information content (AvgIpc) is 2.94. The minimum absolute atomic E-state index is 0.150. The van der Waals surface area contributed by atoms with E-state index in [2.05, 4.69) is 10.0 Å². The molecule has 0 aliphatic carbocycles. The summed E-state index contributed by atoms with van der Waals surface area (Å²) in [5.74, 6) is -0.748. The summed E-state index contributed by atoms with van der Waals surface area (Å²) in [5.41, 5.74) is 0.712. The minimum Gasteiger partial charge on any atom is -0.377 e. The second-order valence-electron chi connectivity index (χ2n) is 5.26. The first-order valence-corrected chi connectivity index (χ1v) is 8.49. The van der Waals surface area contributed by atoms with Crippen molar-refractivity contribution >= 4 is 10.0 Å². The molecule has 21 heavy (non-hydrogen) atoms. The van der Waals surface area contributed by atoms with Crippen molar-refractivity contribution in [2.75, 3.05) is 13.7 Å². The molecule has 1 heterocycles. The molecule has 1 aromatic rings. The summed E-state index contributed by atoms with van der Waals surface area (Å²) < 4.78 is 46.5. The summed E-state index contributed by atoms with van der Waals surface area (Å²) in [5, 5.41) is 2.91. The fourth-order valence-corrected chi connectivity index (χ4v) is 3.85. The van der Waals surface area contributed by atoms with Gasteiger partial charge in [-0.05, 0) is 44.5 Å². The Morgan fingerprint density at radius 1 is 1.48 bits per heavy atom. The van der Waals surface area contributed by atoms with Gasteiger partial charge in [-0.15, -0.1) is 0 Å². The third-order valence-corrected chi connectivity index (χ3v) is 5.10. The van der Waals surface area contributed by atoms with Gasteiger partial charge in [-0.2, -0.15) is 0 Å². The molecule has 2 unspecified atom stereocenters. The highest BCUT2D eigenvalue weighted by molar-refractivity contribution is 7.89. The second kappa shape index (κ2) is 6.83. The fraction of sp³-hybridized carbons (Fsp3) is 0.571. The molecular weight excluding hydrogens is 295 g/mol. The maximum atomic E-state index is 13.9. The van der Waals surface area contributed by atoms with Gasteiger partial charge in [0, 0.05) is 19.2 Å². The Morgan fingerprint density at radius 2 is 2.24 bits per heavy atom. The quantitative estimate of drug-likeness (QED) is 0.832. The molecule has 1 aliphatic rings.